The Labute approximate surface area is 223 Å². The van der Waals surface area contributed by atoms with Crippen LogP contribution in [0.1, 0.15) is 54.1 Å². The lowest BCUT2D eigenvalue weighted by molar-refractivity contribution is -0.120. The van der Waals surface area contributed by atoms with Crippen molar-refractivity contribution in [2.45, 2.75) is 49.6 Å². The highest BCUT2D eigenvalue weighted by molar-refractivity contribution is 5.94. The zero-order valence-corrected chi connectivity index (χ0v) is 22.0. The van der Waals surface area contributed by atoms with Crippen molar-refractivity contribution in [1.82, 2.24) is 9.88 Å². The lowest BCUT2D eigenvalue weighted by atomic mass is 9.88. The minimum atomic E-state index is -0.440. The van der Waals surface area contributed by atoms with Gasteiger partial charge in [-0.3, -0.25) is 14.7 Å². The zero-order valence-electron chi connectivity index (χ0n) is 22.0. The Bertz CT molecular complexity index is 1300. The van der Waals surface area contributed by atoms with E-state index in [4.69, 9.17) is 23.9 Å². The predicted octanol–water partition coefficient (Wildman–Crippen LogP) is 4.86. The van der Waals surface area contributed by atoms with Crippen LogP contribution in [0.5, 0.6) is 17.2 Å². The summed E-state index contributed by atoms with van der Waals surface area (Å²) >= 11 is 0. The quantitative estimate of drug-likeness (QED) is 0.383. The number of nitrogens with zero attached hydrogens (tertiary/aromatic N) is 2. The number of methoxy groups -OCH3 is 2. The number of fused-ring (bicyclic) bond motifs is 1. The molecule has 1 aromatic heterocycles. The molecule has 1 saturated heterocycles. The Kier molecular flexibility index (Phi) is 6.80. The summed E-state index contributed by atoms with van der Waals surface area (Å²) in [5.74, 6) is 2.53. The van der Waals surface area contributed by atoms with Gasteiger partial charge in [-0.2, -0.15) is 0 Å². The first kappa shape index (κ1) is 24.9. The van der Waals surface area contributed by atoms with Gasteiger partial charge in [-0.05, 0) is 67.6 Å². The highest BCUT2D eigenvalue weighted by Crippen LogP contribution is 2.51. The van der Waals surface area contributed by atoms with Gasteiger partial charge in [-0.1, -0.05) is 30.3 Å². The zero-order chi connectivity index (χ0) is 26.1. The number of ether oxygens (including phenoxy) is 4. The van der Waals surface area contributed by atoms with Crippen LogP contribution in [0.3, 0.4) is 0 Å². The van der Waals surface area contributed by atoms with Crippen LogP contribution in [0.25, 0.3) is 0 Å². The van der Waals surface area contributed by atoms with Crippen LogP contribution < -0.4 is 14.2 Å². The molecular weight excluding hydrogens is 480 g/mol. The van der Waals surface area contributed by atoms with E-state index in [1.54, 1.807) is 14.2 Å². The van der Waals surface area contributed by atoms with Crippen LogP contribution in [0.2, 0.25) is 0 Å². The largest absolute Gasteiger partial charge is 0.496 e. The number of hydrogen-bond acceptors (Lipinski definition) is 7. The summed E-state index contributed by atoms with van der Waals surface area (Å²) in [4.78, 5) is 20.8. The van der Waals surface area contributed by atoms with Crippen LogP contribution in [0.4, 0.5) is 0 Å². The molecule has 0 N–H and O–H groups in total. The second-order valence-electron chi connectivity index (χ2n) is 10.5. The van der Waals surface area contributed by atoms with Gasteiger partial charge in [0.05, 0.1) is 25.2 Å². The summed E-state index contributed by atoms with van der Waals surface area (Å²) in [6, 6.07) is 18.5. The molecule has 1 aliphatic carbocycles. The van der Waals surface area contributed by atoms with E-state index in [0.717, 1.165) is 71.9 Å². The Morgan fingerprint density at radius 1 is 1.11 bits per heavy atom. The molecule has 1 unspecified atom stereocenters. The third-order valence-electron chi connectivity index (χ3n) is 8.26. The molecule has 7 heteroatoms. The summed E-state index contributed by atoms with van der Waals surface area (Å²) in [5.41, 5.74) is 3.57. The molecule has 6 rings (SSSR count). The Morgan fingerprint density at radius 2 is 1.95 bits per heavy atom. The smallest absolute Gasteiger partial charge is 0.231 e. The molecule has 0 radical (unpaired) electrons. The summed E-state index contributed by atoms with van der Waals surface area (Å²) in [6.07, 6.45) is 6.18. The van der Waals surface area contributed by atoms with Crippen molar-refractivity contribution >= 4 is 5.78 Å². The van der Waals surface area contributed by atoms with Crippen molar-refractivity contribution in [1.29, 1.82) is 0 Å². The normalized spacial score (nSPS) is 20.3. The molecule has 1 saturated carbocycles. The van der Waals surface area contributed by atoms with E-state index in [9.17, 15) is 4.79 Å². The maximum atomic E-state index is 13.5. The summed E-state index contributed by atoms with van der Waals surface area (Å²) in [6.45, 7) is 1.90. The number of para-hydroxylation sites is 1. The molecule has 2 fully saturated rings. The van der Waals surface area contributed by atoms with E-state index in [1.165, 1.54) is 0 Å². The molecule has 38 heavy (non-hydrogen) atoms. The van der Waals surface area contributed by atoms with Gasteiger partial charge in [0.1, 0.15) is 11.5 Å². The molecule has 3 aromatic rings. The lowest BCUT2D eigenvalue weighted by Crippen LogP contribution is -2.37. The third kappa shape index (κ3) is 4.54. The van der Waals surface area contributed by atoms with Crippen molar-refractivity contribution in [2.24, 2.45) is 0 Å². The lowest BCUT2D eigenvalue weighted by Gasteiger charge is -2.34. The fourth-order valence-corrected chi connectivity index (χ4v) is 6.09. The molecule has 2 aliphatic heterocycles. The highest BCUT2D eigenvalue weighted by Gasteiger charge is 2.51. The number of benzene rings is 2. The first-order valence-electron chi connectivity index (χ1n) is 13.4. The number of aromatic nitrogens is 1. The van der Waals surface area contributed by atoms with Gasteiger partial charge in [0.25, 0.3) is 0 Å². The Hall–Kier alpha value is -3.42. The number of rotatable bonds is 10. The van der Waals surface area contributed by atoms with E-state index in [-0.39, 0.29) is 18.6 Å². The average molecular weight is 515 g/mol. The van der Waals surface area contributed by atoms with E-state index in [0.29, 0.717) is 19.1 Å². The van der Waals surface area contributed by atoms with Gasteiger partial charge in [-0.15, -0.1) is 0 Å². The van der Waals surface area contributed by atoms with Crippen LogP contribution in [0.15, 0.2) is 60.8 Å². The van der Waals surface area contributed by atoms with Crippen LogP contribution >= 0.6 is 0 Å². The van der Waals surface area contributed by atoms with Crippen molar-refractivity contribution in [3.8, 4) is 17.2 Å². The van der Waals surface area contributed by atoms with E-state index >= 15 is 0 Å². The molecule has 7 nitrogen and oxygen atoms in total. The number of pyridine rings is 1. The number of Topliss-reactive ketones (excluding diaryl/α,β-unsaturated/α-hetero) is 1. The van der Waals surface area contributed by atoms with Gasteiger partial charge in [0, 0.05) is 37.0 Å². The van der Waals surface area contributed by atoms with Crippen LogP contribution in [0, 0.1) is 0 Å². The Balaban J connectivity index is 1.25. The van der Waals surface area contributed by atoms with E-state index in [1.807, 2.05) is 42.6 Å². The topological polar surface area (TPSA) is 70.1 Å². The summed E-state index contributed by atoms with van der Waals surface area (Å²) in [5, 5.41) is 0. The first-order valence-corrected chi connectivity index (χ1v) is 13.4. The van der Waals surface area contributed by atoms with Gasteiger partial charge in [0.2, 0.25) is 6.79 Å². The van der Waals surface area contributed by atoms with Gasteiger partial charge >= 0.3 is 0 Å². The number of likely N-dealkylation sites (tertiary alicyclic amines) is 1. The molecule has 2 aromatic carbocycles. The minimum absolute atomic E-state index is 0.00513. The van der Waals surface area contributed by atoms with Crippen molar-refractivity contribution in [2.75, 3.05) is 34.2 Å². The predicted molar refractivity (Wildman–Crippen MR) is 143 cm³/mol. The summed E-state index contributed by atoms with van der Waals surface area (Å²) < 4.78 is 22.3. The second kappa shape index (κ2) is 10.4. The number of carbonyl (C=O) groups is 1. The Morgan fingerprint density at radius 3 is 2.71 bits per heavy atom. The van der Waals surface area contributed by atoms with Crippen molar-refractivity contribution in [3.05, 3.63) is 83.2 Å². The van der Waals surface area contributed by atoms with Crippen molar-refractivity contribution in [3.63, 3.8) is 0 Å². The van der Waals surface area contributed by atoms with E-state index < -0.39 is 5.41 Å². The molecule has 198 valence electrons. The van der Waals surface area contributed by atoms with Crippen molar-refractivity contribution < 1.29 is 23.7 Å². The highest BCUT2D eigenvalue weighted by atomic mass is 16.7. The standard InChI is InChI=1S/C31H34N2O5/c1-35-19-24-6-5-15-33(24)30(25-7-3-4-8-26(25)36-2)21-9-11-23(32-18-21)17-29(34)31(13-14-31)22-10-12-27-28(16-22)38-20-37-27/h3-4,7-12,16,18,24,30H,5-6,13-15,17,19-20H2,1-2H3/t24-,30?/m0/s1. The van der Waals surface area contributed by atoms with Gasteiger partial charge < -0.3 is 18.9 Å². The molecular formula is C31H34N2O5. The maximum absolute atomic E-state index is 13.5. The van der Waals surface area contributed by atoms with Gasteiger partial charge in [-0.25, -0.2) is 0 Å². The average Bonchev–Trinajstić information content (AvgIpc) is 3.42. The number of ketones is 1. The van der Waals surface area contributed by atoms with Crippen LogP contribution in [-0.2, 0) is 21.4 Å². The molecule has 0 spiro atoms. The molecule has 3 heterocycles. The second-order valence-corrected chi connectivity index (χ2v) is 10.5. The fraction of sp³-hybridized carbons (Fsp3) is 0.419. The number of hydrogen-bond donors (Lipinski definition) is 0. The van der Waals surface area contributed by atoms with E-state index in [2.05, 4.69) is 23.1 Å². The fourth-order valence-electron chi connectivity index (χ4n) is 6.09. The molecule has 2 atom stereocenters. The summed E-state index contributed by atoms with van der Waals surface area (Å²) in [7, 11) is 3.48. The molecule has 0 amide bonds. The SMILES string of the molecule is COC[C@@H]1CCCN1C(c1ccc(CC(=O)C2(c3ccc4c(c3)OCO4)CC2)nc1)c1ccccc1OC. The first-order chi connectivity index (χ1) is 18.6. The monoisotopic (exact) mass is 514 g/mol. The molecule has 3 aliphatic rings. The minimum Gasteiger partial charge on any atom is -0.496 e. The third-order valence-corrected chi connectivity index (χ3v) is 8.26. The van der Waals surface area contributed by atoms with Gasteiger partial charge in [0.15, 0.2) is 11.5 Å². The van der Waals surface area contributed by atoms with Crippen LogP contribution in [-0.4, -0.2) is 55.9 Å². The maximum Gasteiger partial charge on any atom is 0.231 e. The number of carbonyl (C=O) groups excluding carboxylic acids is 1. The molecule has 0 bridgehead atoms.